The lowest BCUT2D eigenvalue weighted by atomic mass is 9.99. The average Bonchev–Trinajstić information content (AvgIpc) is 3.06. The van der Waals surface area contributed by atoms with Crippen LogP contribution in [0.3, 0.4) is 0 Å². The number of anilines is 1. The number of thiazole rings is 1. The topological polar surface area (TPSA) is 131 Å². The summed E-state index contributed by atoms with van der Waals surface area (Å²) in [4.78, 5) is 46.2. The number of primary amides is 1. The van der Waals surface area contributed by atoms with Crippen LogP contribution in [0.25, 0.3) is 16.2 Å². The molecule has 138 valence electrons. The monoisotopic (exact) mass is 385 g/mol. The minimum Gasteiger partial charge on any atom is -0.477 e. The number of amides is 1. The van der Waals surface area contributed by atoms with Crippen LogP contribution in [0, 0.1) is 12.8 Å². The molecular weight excluding hydrogens is 370 g/mol. The Bertz CT molecular complexity index is 1130. The van der Waals surface area contributed by atoms with Crippen molar-refractivity contribution >= 4 is 40.1 Å². The normalized spacial score (nSPS) is 14.3. The van der Waals surface area contributed by atoms with Crippen molar-refractivity contribution < 1.29 is 14.7 Å². The largest absolute Gasteiger partial charge is 0.477 e. The van der Waals surface area contributed by atoms with Crippen LogP contribution >= 0.6 is 11.3 Å². The molecule has 1 saturated heterocycles. The Kier molecular flexibility index (Phi) is 3.92. The molecule has 9 nitrogen and oxygen atoms in total. The van der Waals surface area contributed by atoms with E-state index in [4.69, 9.17) is 5.73 Å². The van der Waals surface area contributed by atoms with E-state index in [0.29, 0.717) is 35.2 Å². The highest BCUT2D eigenvalue weighted by atomic mass is 32.1. The van der Waals surface area contributed by atoms with E-state index >= 15 is 0 Å². The molecule has 0 radical (unpaired) electrons. The fourth-order valence-electron chi connectivity index (χ4n) is 3.12. The third kappa shape index (κ3) is 2.74. The fraction of sp³-hybridized carbons (Fsp3) is 0.235. The first kappa shape index (κ1) is 17.2. The SMILES string of the molecule is Cc1cc(N2CC(C(N)=O)C2)nc2c1c(=O)c(C(=O)O)cn2-c1nccs1. The third-order valence-corrected chi connectivity index (χ3v) is 5.38. The second-order valence-corrected chi connectivity index (χ2v) is 7.23. The van der Waals surface area contributed by atoms with Gasteiger partial charge in [0.25, 0.3) is 0 Å². The molecule has 0 saturated carbocycles. The molecular formula is C17H15N5O4S. The van der Waals surface area contributed by atoms with Crippen molar-refractivity contribution in [3.05, 3.63) is 45.2 Å². The van der Waals surface area contributed by atoms with Crippen molar-refractivity contribution in [2.75, 3.05) is 18.0 Å². The van der Waals surface area contributed by atoms with Gasteiger partial charge in [0.15, 0.2) is 10.8 Å². The number of nitrogens with zero attached hydrogens (tertiary/aromatic N) is 4. The molecule has 10 heteroatoms. The molecule has 1 aliphatic rings. The first-order chi connectivity index (χ1) is 12.9. The van der Waals surface area contributed by atoms with Crippen molar-refractivity contribution in [1.29, 1.82) is 0 Å². The zero-order chi connectivity index (χ0) is 19.3. The number of aromatic carboxylic acids is 1. The molecule has 0 bridgehead atoms. The summed E-state index contributed by atoms with van der Waals surface area (Å²) in [7, 11) is 0. The summed E-state index contributed by atoms with van der Waals surface area (Å²) in [5, 5.41) is 11.9. The summed E-state index contributed by atoms with van der Waals surface area (Å²) in [6, 6.07) is 1.72. The molecule has 0 atom stereocenters. The molecule has 3 N–H and O–H groups in total. The Balaban J connectivity index is 1.94. The van der Waals surface area contributed by atoms with Crippen LogP contribution in [0.15, 0.2) is 28.6 Å². The van der Waals surface area contributed by atoms with E-state index in [1.165, 1.54) is 22.1 Å². The molecule has 1 amide bonds. The van der Waals surface area contributed by atoms with Gasteiger partial charge in [-0.25, -0.2) is 14.8 Å². The van der Waals surface area contributed by atoms with Gasteiger partial charge in [0.2, 0.25) is 11.3 Å². The second kappa shape index (κ2) is 6.16. The smallest absolute Gasteiger partial charge is 0.341 e. The predicted molar refractivity (Wildman–Crippen MR) is 99.6 cm³/mol. The highest BCUT2D eigenvalue weighted by Crippen LogP contribution is 2.28. The number of rotatable bonds is 4. The number of fused-ring (bicyclic) bond motifs is 1. The van der Waals surface area contributed by atoms with E-state index < -0.39 is 11.4 Å². The number of pyridine rings is 2. The van der Waals surface area contributed by atoms with Gasteiger partial charge in [-0.05, 0) is 18.6 Å². The number of aromatic nitrogens is 3. The number of carbonyl (C=O) groups excluding carboxylic acids is 1. The summed E-state index contributed by atoms with van der Waals surface area (Å²) >= 11 is 1.30. The van der Waals surface area contributed by atoms with E-state index in [9.17, 15) is 19.5 Å². The molecule has 1 fully saturated rings. The summed E-state index contributed by atoms with van der Waals surface area (Å²) in [6.45, 7) is 2.65. The lowest BCUT2D eigenvalue weighted by molar-refractivity contribution is -0.122. The van der Waals surface area contributed by atoms with Crippen LogP contribution in [0.2, 0.25) is 0 Å². The predicted octanol–water partition coefficient (Wildman–Crippen LogP) is 0.770. The Morgan fingerprint density at radius 2 is 2.11 bits per heavy atom. The van der Waals surface area contributed by atoms with Gasteiger partial charge in [0.1, 0.15) is 11.4 Å². The van der Waals surface area contributed by atoms with Gasteiger partial charge in [-0.15, -0.1) is 11.3 Å². The van der Waals surface area contributed by atoms with Crippen molar-refractivity contribution in [2.24, 2.45) is 11.7 Å². The van der Waals surface area contributed by atoms with Gasteiger partial charge in [-0.2, -0.15) is 0 Å². The third-order valence-electron chi connectivity index (χ3n) is 4.61. The summed E-state index contributed by atoms with van der Waals surface area (Å²) < 4.78 is 1.52. The van der Waals surface area contributed by atoms with Gasteiger partial charge in [0, 0.05) is 30.9 Å². The summed E-state index contributed by atoms with van der Waals surface area (Å²) in [5.41, 5.74) is 5.33. The fourth-order valence-corrected chi connectivity index (χ4v) is 3.74. The maximum Gasteiger partial charge on any atom is 0.341 e. The second-order valence-electron chi connectivity index (χ2n) is 6.36. The minimum atomic E-state index is -1.30. The molecule has 27 heavy (non-hydrogen) atoms. The van der Waals surface area contributed by atoms with Crippen molar-refractivity contribution in [2.45, 2.75) is 6.92 Å². The molecule has 0 unspecified atom stereocenters. The lowest BCUT2D eigenvalue weighted by Gasteiger charge is -2.38. The molecule has 0 aromatic carbocycles. The summed E-state index contributed by atoms with van der Waals surface area (Å²) in [5.74, 6) is -1.28. The highest BCUT2D eigenvalue weighted by molar-refractivity contribution is 7.12. The number of carbonyl (C=O) groups is 2. The Labute approximate surface area is 156 Å². The van der Waals surface area contributed by atoms with Gasteiger partial charge >= 0.3 is 5.97 Å². The summed E-state index contributed by atoms with van der Waals surface area (Å²) in [6.07, 6.45) is 2.85. The van der Waals surface area contributed by atoms with Crippen molar-refractivity contribution in [3.8, 4) is 5.13 Å². The van der Waals surface area contributed by atoms with Crippen LogP contribution in [0.4, 0.5) is 5.82 Å². The molecule has 0 spiro atoms. The van der Waals surface area contributed by atoms with Gasteiger partial charge < -0.3 is 15.7 Å². The molecule has 1 aliphatic heterocycles. The zero-order valence-electron chi connectivity index (χ0n) is 14.2. The first-order valence-corrected chi connectivity index (χ1v) is 8.99. The quantitative estimate of drug-likeness (QED) is 0.678. The Morgan fingerprint density at radius 3 is 2.70 bits per heavy atom. The van der Waals surface area contributed by atoms with E-state index in [2.05, 4.69) is 9.97 Å². The van der Waals surface area contributed by atoms with Crippen LogP contribution in [0.5, 0.6) is 0 Å². The van der Waals surface area contributed by atoms with Crippen LogP contribution in [-0.4, -0.2) is 44.6 Å². The number of nitrogens with two attached hydrogens (primary N) is 1. The van der Waals surface area contributed by atoms with Crippen LogP contribution in [-0.2, 0) is 4.79 Å². The van der Waals surface area contributed by atoms with E-state index in [-0.39, 0.29) is 22.8 Å². The zero-order valence-corrected chi connectivity index (χ0v) is 15.1. The van der Waals surface area contributed by atoms with E-state index in [1.807, 2.05) is 4.90 Å². The molecule has 0 aliphatic carbocycles. The Morgan fingerprint density at radius 1 is 1.37 bits per heavy atom. The van der Waals surface area contributed by atoms with Crippen molar-refractivity contribution in [1.82, 2.24) is 14.5 Å². The number of hydrogen-bond acceptors (Lipinski definition) is 7. The maximum atomic E-state index is 12.7. The van der Waals surface area contributed by atoms with Crippen LogP contribution < -0.4 is 16.1 Å². The number of aryl methyl sites for hydroxylation is 1. The van der Waals surface area contributed by atoms with E-state index in [1.54, 1.807) is 24.6 Å². The molecule has 4 rings (SSSR count). The minimum absolute atomic E-state index is 0.224. The maximum absolute atomic E-state index is 12.7. The van der Waals surface area contributed by atoms with Gasteiger partial charge in [0.05, 0.1) is 11.3 Å². The number of hydrogen-bond donors (Lipinski definition) is 2. The average molecular weight is 385 g/mol. The number of carboxylic acid groups (broad SMARTS) is 1. The molecule has 3 aromatic rings. The van der Waals surface area contributed by atoms with E-state index in [0.717, 1.165) is 0 Å². The first-order valence-electron chi connectivity index (χ1n) is 8.11. The number of carboxylic acids is 1. The van der Waals surface area contributed by atoms with Crippen molar-refractivity contribution in [3.63, 3.8) is 0 Å². The molecule has 3 aromatic heterocycles. The standard InChI is InChI=1S/C17H15N5O4S/c1-8-4-11(21-5-9(6-21)14(18)24)20-15-12(8)13(23)10(16(25)26)7-22(15)17-19-2-3-27-17/h2-4,7,9H,5-6H2,1H3,(H2,18,24)(H,25,26). The highest BCUT2D eigenvalue weighted by Gasteiger charge is 2.32. The van der Waals surface area contributed by atoms with Gasteiger partial charge in [-0.3, -0.25) is 14.2 Å². The Hall–Kier alpha value is -3.27. The van der Waals surface area contributed by atoms with Crippen LogP contribution in [0.1, 0.15) is 15.9 Å². The molecule has 4 heterocycles. The lowest BCUT2D eigenvalue weighted by Crippen LogP contribution is -2.53. The van der Waals surface area contributed by atoms with Gasteiger partial charge in [-0.1, -0.05) is 0 Å².